The van der Waals surface area contributed by atoms with Gasteiger partial charge in [-0.05, 0) is 23.6 Å². The third-order valence-corrected chi connectivity index (χ3v) is 3.43. The Labute approximate surface area is 114 Å². The van der Waals surface area contributed by atoms with Gasteiger partial charge in [-0.2, -0.15) is 0 Å². The summed E-state index contributed by atoms with van der Waals surface area (Å²) in [5.41, 5.74) is 3.27. The number of carbonyl (C=O) groups is 1. The van der Waals surface area contributed by atoms with E-state index < -0.39 is 0 Å². The van der Waals surface area contributed by atoms with Crippen molar-refractivity contribution in [2.24, 2.45) is 5.41 Å². The summed E-state index contributed by atoms with van der Waals surface area (Å²) in [4.78, 5) is 11.3. The molecule has 3 N–H and O–H groups in total. The average molecular weight is 262 g/mol. The van der Waals surface area contributed by atoms with Crippen LogP contribution in [-0.4, -0.2) is 24.2 Å². The average Bonchev–Trinajstić information content (AvgIpc) is 2.39. The summed E-state index contributed by atoms with van der Waals surface area (Å²) >= 11 is 0. The highest BCUT2D eigenvalue weighted by Gasteiger charge is 2.16. The van der Waals surface area contributed by atoms with Crippen molar-refractivity contribution in [2.75, 3.05) is 18.5 Å². The van der Waals surface area contributed by atoms with Gasteiger partial charge in [0.15, 0.2) is 0 Å². The SMILES string of the molecule is CC(C)(CO)CNCc1ccc2c(c1)CCC(=O)N2. The van der Waals surface area contributed by atoms with E-state index in [0.717, 1.165) is 25.2 Å². The number of aliphatic hydroxyl groups is 1. The van der Waals surface area contributed by atoms with Crippen molar-refractivity contribution >= 4 is 11.6 Å². The van der Waals surface area contributed by atoms with Crippen LogP contribution >= 0.6 is 0 Å². The van der Waals surface area contributed by atoms with Gasteiger partial charge in [0, 0.05) is 37.2 Å². The van der Waals surface area contributed by atoms with Gasteiger partial charge in [-0.3, -0.25) is 4.79 Å². The fourth-order valence-electron chi connectivity index (χ4n) is 2.15. The summed E-state index contributed by atoms with van der Waals surface area (Å²) in [6.45, 7) is 5.79. The van der Waals surface area contributed by atoms with E-state index in [4.69, 9.17) is 0 Å². The van der Waals surface area contributed by atoms with Gasteiger partial charge in [0.2, 0.25) is 5.91 Å². The topological polar surface area (TPSA) is 61.4 Å². The predicted octanol–water partition coefficient (Wildman–Crippen LogP) is 1.68. The molecule has 1 aromatic carbocycles. The van der Waals surface area contributed by atoms with Crippen molar-refractivity contribution in [3.8, 4) is 0 Å². The van der Waals surface area contributed by atoms with Crippen LogP contribution < -0.4 is 10.6 Å². The number of carbonyl (C=O) groups excluding carboxylic acids is 1. The molecular weight excluding hydrogens is 240 g/mol. The second kappa shape index (κ2) is 5.72. The molecule has 0 unspecified atom stereocenters. The molecule has 0 radical (unpaired) electrons. The Hall–Kier alpha value is -1.39. The van der Waals surface area contributed by atoms with E-state index in [0.29, 0.717) is 6.42 Å². The highest BCUT2D eigenvalue weighted by Crippen LogP contribution is 2.23. The molecule has 1 aromatic rings. The molecule has 0 fully saturated rings. The first-order chi connectivity index (χ1) is 9.00. The molecule has 0 saturated heterocycles. The second-order valence-corrected chi connectivity index (χ2v) is 5.97. The molecule has 0 saturated carbocycles. The Balaban J connectivity index is 1.94. The van der Waals surface area contributed by atoms with E-state index >= 15 is 0 Å². The highest BCUT2D eigenvalue weighted by atomic mass is 16.3. The number of fused-ring (bicyclic) bond motifs is 1. The van der Waals surface area contributed by atoms with Gasteiger partial charge < -0.3 is 15.7 Å². The largest absolute Gasteiger partial charge is 0.396 e. The lowest BCUT2D eigenvalue weighted by Gasteiger charge is -2.22. The molecule has 0 aliphatic carbocycles. The van der Waals surface area contributed by atoms with Crippen LogP contribution in [0.5, 0.6) is 0 Å². The van der Waals surface area contributed by atoms with Gasteiger partial charge in [-0.25, -0.2) is 0 Å². The van der Waals surface area contributed by atoms with E-state index in [1.54, 1.807) is 0 Å². The quantitative estimate of drug-likeness (QED) is 0.756. The lowest BCUT2D eigenvalue weighted by molar-refractivity contribution is -0.116. The van der Waals surface area contributed by atoms with E-state index in [1.807, 2.05) is 26.0 Å². The summed E-state index contributed by atoms with van der Waals surface area (Å²) in [6.07, 6.45) is 1.39. The summed E-state index contributed by atoms with van der Waals surface area (Å²) in [5.74, 6) is 0.100. The third-order valence-electron chi connectivity index (χ3n) is 3.43. The second-order valence-electron chi connectivity index (χ2n) is 5.97. The fourth-order valence-corrected chi connectivity index (χ4v) is 2.15. The normalized spacial score (nSPS) is 15.0. The number of hydrogen-bond acceptors (Lipinski definition) is 3. The maximum Gasteiger partial charge on any atom is 0.224 e. The molecule has 104 valence electrons. The fraction of sp³-hybridized carbons (Fsp3) is 0.533. The summed E-state index contributed by atoms with van der Waals surface area (Å²) in [5, 5.41) is 15.4. The van der Waals surface area contributed by atoms with Crippen molar-refractivity contribution < 1.29 is 9.90 Å². The number of amides is 1. The molecule has 0 aromatic heterocycles. The zero-order valence-electron chi connectivity index (χ0n) is 11.6. The first-order valence-electron chi connectivity index (χ1n) is 6.73. The molecule has 1 aliphatic heterocycles. The Morgan fingerprint density at radius 1 is 1.37 bits per heavy atom. The summed E-state index contributed by atoms with van der Waals surface area (Å²) in [6, 6.07) is 6.15. The lowest BCUT2D eigenvalue weighted by Crippen LogP contribution is -2.31. The zero-order chi connectivity index (χ0) is 13.9. The maximum atomic E-state index is 11.3. The molecule has 2 rings (SSSR count). The van der Waals surface area contributed by atoms with Crippen LogP contribution in [0.25, 0.3) is 0 Å². The number of nitrogens with one attached hydrogen (secondary N) is 2. The van der Waals surface area contributed by atoms with Gasteiger partial charge >= 0.3 is 0 Å². The van der Waals surface area contributed by atoms with E-state index in [2.05, 4.69) is 16.7 Å². The molecule has 0 atom stereocenters. The van der Waals surface area contributed by atoms with Gasteiger partial charge in [-0.1, -0.05) is 26.0 Å². The molecule has 1 heterocycles. The minimum Gasteiger partial charge on any atom is -0.396 e. The smallest absolute Gasteiger partial charge is 0.224 e. The summed E-state index contributed by atoms with van der Waals surface area (Å²) in [7, 11) is 0. The van der Waals surface area contributed by atoms with Crippen LogP contribution in [0.4, 0.5) is 5.69 Å². The monoisotopic (exact) mass is 262 g/mol. The van der Waals surface area contributed by atoms with Crippen molar-refractivity contribution in [1.82, 2.24) is 5.32 Å². The van der Waals surface area contributed by atoms with Crippen LogP contribution in [-0.2, 0) is 17.8 Å². The molecule has 0 spiro atoms. The van der Waals surface area contributed by atoms with Gasteiger partial charge in [0.1, 0.15) is 0 Å². The number of anilines is 1. The molecule has 0 bridgehead atoms. The first kappa shape index (κ1) is 14.0. The maximum absolute atomic E-state index is 11.3. The third kappa shape index (κ3) is 3.78. The van der Waals surface area contributed by atoms with Crippen LogP contribution in [0.2, 0.25) is 0 Å². The van der Waals surface area contributed by atoms with Crippen molar-refractivity contribution in [1.29, 1.82) is 0 Å². The zero-order valence-corrected chi connectivity index (χ0v) is 11.6. The predicted molar refractivity (Wildman–Crippen MR) is 76.0 cm³/mol. The standard InChI is InChI=1S/C15H22N2O2/c1-15(2,10-18)9-16-8-11-3-5-13-12(7-11)4-6-14(19)17-13/h3,5,7,16,18H,4,6,8-10H2,1-2H3,(H,17,19). The van der Waals surface area contributed by atoms with Crippen LogP contribution in [0.3, 0.4) is 0 Å². The molecule has 1 aliphatic rings. The lowest BCUT2D eigenvalue weighted by atomic mass is 9.95. The number of hydrogen-bond donors (Lipinski definition) is 3. The van der Waals surface area contributed by atoms with Crippen LogP contribution in [0.1, 0.15) is 31.4 Å². The number of aliphatic hydroxyl groups excluding tert-OH is 1. The Kier molecular flexibility index (Phi) is 4.22. The molecule has 1 amide bonds. The van der Waals surface area contributed by atoms with E-state index in [1.165, 1.54) is 11.1 Å². The van der Waals surface area contributed by atoms with Gasteiger partial charge in [0.25, 0.3) is 0 Å². The van der Waals surface area contributed by atoms with Crippen LogP contribution in [0.15, 0.2) is 18.2 Å². The first-order valence-corrected chi connectivity index (χ1v) is 6.73. The minimum atomic E-state index is -0.0951. The van der Waals surface area contributed by atoms with Gasteiger partial charge in [0.05, 0.1) is 0 Å². The van der Waals surface area contributed by atoms with Crippen molar-refractivity contribution in [3.63, 3.8) is 0 Å². The van der Waals surface area contributed by atoms with Crippen LogP contribution in [0, 0.1) is 5.41 Å². The number of aryl methyl sites for hydroxylation is 1. The van der Waals surface area contributed by atoms with Gasteiger partial charge in [-0.15, -0.1) is 0 Å². The van der Waals surface area contributed by atoms with E-state index in [9.17, 15) is 9.90 Å². The van der Waals surface area contributed by atoms with Crippen molar-refractivity contribution in [3.05, 3.63) is 29.3 Å². The molecular formula is C15H22N2O2. The Morgan fingerprint density at radius 2 is 2.16 bits per heavy atom. The number of benzene rings is 1. The summed E-state index contributed by atoms with van der Waals surface area (Å²) < 4.78 is 0. The van der Waals surface area contributed by atoms with Crippen molar-refractivity contribution in [2.45, 2.75) is 33.2 Å². The Morgan fingerprint density at radius 3 is 2.89 bits per heavy atom. The Bertz CT molecular complexity index is 469. The highest BCUT2D eigenvalue weighted by molar-refractivity contribution is 5.93. The number of rotatable bonds is 5. The molecule has 19 heavy (non-hydrogen) atoms. The minimum absolute atomic E-state index is 0.0951. The molecule has 4 nitrogen and oxygen atoms in total. The molecule has 4 heteroatoms. The van der Waals surface area contributed by atoms with E-state index in [-0.39, 0.29) is 17.9 Å².